The second kappa shape index (κ2) is 9.38. The maximum atomic E-state index is 5.93. The molecule has 1 aromatic heterocycles. The molecule has 0 aliphatic rings. The lowest BCUT2D eigenvalue weighted by Crippen LogP contribution is -2.00. The molecule has 3 N–H and O–H groups in total. The van der Waals surface area contributed by atoms with Gasteiger partial charge in [-0.1, -0.05) is 24.4 Å². The van der Waals surface area contributed by atoms with Crippen LogP contribution in [0.4, 0.5) is 5.82 Å². The summed E-state index contributed by atoms with van der Waals surface area (Å²) < 4.78 is 0. The summed E-state index contributed by atoms with van der Waals surface area (Å²) in [5.41, 5.74) is 8.53. The number of hydrogen-bond acceptors (Lipinski definition) is 6. The Bertz CT molecular complexity index is 585. The first-order valence-corrected chi connectivity index (χ1v) is 8.55. The van der Waals surface area contributed by atoms with Gasteiger partial charge in [-0.3, -0.25) is 4.99 Å². The van der Waals surface area contributed by atoms with Crippen LogP contribution >= 0.6 is 23.5 Å². The van der Waals surface area contributed by atoms with Gasteiger partial charge in [-0.05, 0) is 49.4 Å². The SMILES string of the molecule is C=NC(=C\SCNc1ccc(C)cn1)/C(SC(=C)C)=C(\C)N. The first-order valence-electron chi connectivity index (χ1n) is 6.69. The second-order valence-corrected chi connectivity index (χ2v) is 6.85. The third kappa shape index (κ3) is 6.41. The van der Waals surface area contributed by atoms with Gasteiger partial charge in [0, 0.05) is 11.9 Å². The molecule has 1 rings (SSSR count). The predicted molar refractivity (Wildman–Crippen MR) is 102 cm³/mol. The summed E-state index contributed by atoms with van der Waals surface area (Å²) in [6.45, 7) is 13.3. The normalized spacial score (nSPS) is 12.6. The van der Waals surface area contributed by atoms with E-state index >= 15 is 0 Å². The van der Waals surface area contributed by atoms with Crippen molar-refractivity contribution < 1.29 is 0 Å². The molecule has 0 amide bonds. The van der Waals surface area contributed by atoms with E-state index in [0.717, 1.165) is 26.9 Å². The van der Waals surface area contributed by atoms with Crippen molar-refractivity contribution in [2.24, 2.45) is 10.7 Å². The number of aliphatic imine (C=N–C) groups is 1. The van der Waals surface area contributed by atoms with Crippen molar-refractivity contribution in [3.8, 4) is 0 Å². The molecular formula is C16H22N4S2. The molecule has 0 aromatic carbocycles. The van der Waals surface area contributed by atoms with Crippen LogP contribution in [0.15, 0.2) is 56.5 Å². The number of pyridine rings is 1. The largest absolute Gasteiger partial charge is 0.401 e. The Kier molecular flexibility index (Phi) is 7.84. The number of rotatable bonds is 8. The van der Waals surface area contributed by atoms with Gasteiger partial charge in [-0.2, -0.15) is 0 Å². The molecule has 0 saturated carbocycles. The summed E-state index contributed by atoms with van der Waals surface area (Å²) in [6.07, 6.45) is 1.84. The average Bonchev–Trinajstić information content (AvgIpc) is 2.47. The molecule has 0 spiro atoms. The van der Waals surface area contributed by atoms with E-state index in [0.29, 0.717) is 11.6 Å². The summed E-state index contributed by atoms with van der Waals surface area (Å²) in [4.78, 5) is 10.2. The second-order valence-electron chi connectivity index (χ2n) is 4.69. The van der Waals surface area contributed by atoms with Gasteiger partial charge in [-0.25, -0.2) is 4.98 Å². The smallest absolute Gasteiger partial charge is 0.126 e. The summed E-state index contributed by atoms with van der Waals surface area (Å²) in [5.74, 6) is 1.53. The highest BCUT2D eigenvalue weighted by atomic mass is 32.2. The highest BCUT2D eigenvalue weighted by Gasteiger charge is 2.07. The van der Waals surface area contributed by atoms with Gasteiger partial charge in [0.1, 0.15) is 5.82 Å². The minimum Gasteiger partial charge on any atom is -0.401 e. The summed E-state index contributed by atoms with van der Waals surface area (Å²) in [5, 5.41) is 5.17. The Morgan fingerprint density at radius 2 is 2.18 bits per heavy atom. The van der Waals surface area contributed by atoms with Crippen LogP contribution < -0.4 is 11.1 Å². The maximum absolute atomic E-state index is 5.93. The molecule has 0 fully saturated rings. The molecule has 22 heavy (non-hydrogen) atoms. The Morgan fingerprint density at radius 3 is 2.68 bits per heavy atom. The fourth-order valence-electron chi connectivity index (χ4n) is 1.48. The Labute approximate surface area is 141 Å². The number of anilines is 1. The first kappa shape index (κ1) is 18.4. The highest BCUT2D eigenvalue weighted by Crippen LogP contribution is 2.32. The van der Waals surface area contributed by atoms with Crippen LogP contribution in [-0.2, 0) is 0 Å². The molecular weight excluding hydrogens is 312 g/mol. The van der Waals surface area contributed by atoms with Crippen LogP contribution in [0.25, 0.3) is 0 Å². The zero-order chi connectivity index (χ0) is 16.5. The van der Waals surface area contributed by atoms with Crippen molar-refractivity contribution in [3.05, 3.63) is 57.1 Å². The molecule has 0 aliphatic carbocycles. The fourth-order valence-corrected chi connectivity index (χ4v) is 2.96. The van der Waals surface area contributed by atoms with Crippen LogP contribution in [0.1, 0.15) is 19.4 Å². The van der Waals surface area contributed by atoms with Gasteiger partial charge >= 0.3 is 0 Å². The van der Waals surface area contributed by atoms with Crippen molar-refractivity contribution in [2.45, 2.75) is 20.8 Å². The van der Waals surface area contributed by atoms with E-state index in [1.807, 2.05) is 44.5 Å². The molecule has 4 nitrogen and oxygen atoms in total. The molecule has 0 bridgehead atoms. The zero-order valence-corrected chi connectivity index (χ0v) is 14.9. The molecule has 0 unspecified atom stereocenters. The van der Waals surface area contributed by atoms with Crippen molar-refractivity contribution >= 4 is 36.1 Å². The number of aryl methyl sites for hydroxylation is 1. The van der Waals surface area contributed by atoms with Gasteiger partial charge in [-0.15, -0.1) is 11.8 Å². The van der Waals surface area contributed by atoms with E-state index in [1.165, 1.54) is 11.8 Å². The highest BCUT2D eigenvalue weighted by molar-refractivity contribution is 8.07. The van der Waals surface area contributed by atoms with Crippen molar-refractivity contribution in [1.82, 2.24) is 4.98 Å². The van der Waals surface area contributed by atoms with Crippen LogP contribution in [0.2, 0.25) is 0 Å². The van der Waals surface area contributed by atoms with Crippen LogP contribution in [0.5, 0.6) is 0 Å². The lowest BCUT2D eigenvalue weighted by molar-refractivity contribution is 1.23. The first-order chi connectivity index (χ1) is 10.4. The number of nitrogens with one attached hydrogen (secondary N) is 1. The monoisotopic (exact) mass is 334 g/mol. The summed E-state index contributed by atoms with van der Waals surface area (Å²) in [7, 11) is 0. The van der Waals surface area contributed by atoms with E-state index < -0.39 is 0 Å². The molecule has 1 heterocycles. The Hall–Kier alpha value is -1.66. The standard InChI is InChI=1S/C16H22N4S2/c1-11(2)22-16(13(4)17)14(18-5)9-21-10-20-15-7-6-12(3)8-19-15/h6-9H,1,5,10,17H2,2-4H3,(H,19,20)/b14-9-,16-13-. The summed E-state index contributed by atoms with van der Waals surface area (Å²) in [6, 6.07) is 3.98. The van der Waals surface area contributed by atoms with E-state index in [1.54, 1.807) is 11.8 Å². The molecule has 0 atom stereocenters. The van der Waals surface area contributed by atoms with E-state index in [-0.39, 0.29) is 0 Å². The molecule has 0 radical (unpaired) electrons. The molecule has 0 aliphatic heterocycles. The number of nitrogens with two attached hydrogens (primary N) is 1. The number of allylic oxidation sites excluding steroid dienone is 2. The third-order valence-corrected chi connectivity index (χ3v) is 4.27. The van der Waals surface area contributed by atoms with Gasteiger partial charge in [0.05, 0.1) is 16.5 Å². The van der Waals surface area contributed by atoms with Gasteiger partial charge in [0.25, 0.3) is 0 Å². The number of hydrogen-bond donors (Lipinski definition) is 2. The minimum absolute atomic E-state index is 0.684. The van der Waals surface area contributed by atoms with E-state index in [4.69, 9.17) is 5.73 Å². The molecule has 1 aromatic rings. The van der Waals surface area contributed by atoms with Crippen molar-refractivity contribution in [2.75, 3.05) is 11.2 Å². The minimum atomic E-state index is 0.684. The molecule has 6 heteroatoms. The Morgan fingerprint density at radius 1 is 1.45 bits per heavy atom. The van der Waals surface area contributed by atoms with E-state index in [2.05, 4.69) is 28.6 Å². The van der Waals surface area contributed by atoms with Gasteiger partial charge in [0.2, 0.25) is 0 Å². The van der Waals surface area contributed by atoms with Crippen molar-refractivity contribution in [1.29, 1.82) is 0 Å². The predicted octanol–water partition coefficient (Wildman–Crippen LogP) is 4.49. The molecule has 118 valence electrons. The van der Waals surface area contributed by atoms with E-state index in [9.17, 15) is 0 Å². The number of nitrogens with zero attached hydrogens (tertiary/aromatic N) is 2. The number of thioether (sulfide) groups is 2. The average molecular weight is 335 g/mol. The topological polar surface area (TPSA) is 63.3 Å². The number of aromatic nitrogens is 1. The van der Waals surface area contributed by atoms with Crippen LogP contribution in [-0.4, -0.2) is 17.6 Å². The maximum Gasteiger partial charge on any atom is 0.126 e. The van der Waals surface area contributed by atoms with Gasteiger partial charge < -0.3 is 11.1 Å². The van der Waals surface area contributed by atoms with Crippen molar-refractivity contribution in [3.63, 3.8) is 0 Å². The van der Waals surface area contributed by atoms with Crippen LogP contribution in [0, 0.1) is 6.92 Å². The summed E-state index contributed by atoms with van der Waals surface area (Å²) >= 11 is 3.09. The molecule has 0 saturated heterocycles. The lowest BCUT2D eigenvalue weighted by atomic mass is 10.3. The van der Waals surface area contributed by atoms with Gasteiger partial charge in [0.15, 0.2) is 0 Å². The lowest BCUT2D eigenvalue weighted by Gasteiger charge is -2.10. The quantitative estimate of drug-likeness (QED) is 0.317. The zero-order valence-electron chi connectivity index (χ0n) is 13.2. The van der Waals surface area contributed by atoms with Crippen LogP contribution in [0.3, 0.4) is 0 Å². The fraction of sp³-hybridized carbons (Fsp3) is 0.250. The third-order valence-electron chi connectivity index (χ3n) is 2.48. The Balaban J connectivity index is 2.65.